The molecule has 15 heavy (non-hydrogen) atoms. The first-order valence-corrected chi connectivity index (χ1v) is 7.27. The van der Waals surface area contributed by atoms with E-state index in [1.807, 2.05) is 6.92 Å². The average molecular weight is 235 g/mol. The Balaban J connectivity index is 2.35. The number of aliphatic hydroxyl groups is 1. The standard InChI is InChI=1S/C10H21NO3S/c1-2-5-9(12)8-11-15(13,14)10-6-3-4-7-10/h9-12H,2-8H2,1H3. The Hall–Kier alpha value is -0.130. The second-order valence-electron chi connectivity index (χ2n) is 4.24. The average Bonchev–Trinajstić information content (AvgIpc) is 2.69. The number of sulfonamides is 1. The minimum atomic E-state index is -3.18. The first-order valence-electron chi connectivity index (χ1n) is 5.73. The van der Waals surface area contributed by atoms with Crippen LogP contribution in [-0.2, 0) is 10.0 Å². The van der Waals surface area contributed by atoms with E-state index in [9.17, 15) is 13.5 Å². The zero-order valence-corrected chi connectivity index (χ0v) is 10.1. The van der Waals surface area contributed by atoms with Crippen LogP contribution < -0.4 is 4.72 Å². The molecule has 2 N–H and O–H groups in total. The SMILES string of the molecule is CCCC(O)CNS(=O)(=O)C1CCCC1. The molecule has 0 aromatic heterocycles. The zero-order valence-electron chi connectivity index (χ0n) is 9.28. The molecule has 0 radical (unpaired) electrons. The first-order chi connectivity index (χ1) is 7.06. The van der Waals surface area contributed by atoms with E-state index in [2.05, 4.69) is 4.72 Å². The molecule has 0 heterocycles. The summed E-state index contributed by atoms with van der Waals surface area (Å²) in [4.78, 5) is 0. The van der Waals surface area contributed by atoms with E-state index in [-0.39, 0.29) is 11.8 Å². The fourth-order valence-corrected chi connectivity index (χ4v) is 3.58. The van der Waals surface area contributed by atoms with Gasteiger partial charge >= 0.3 is 0 Å². The van der Waals surface area contributed by atoms with Gasteiger partial charge in [0, 0.05) is 6.54 Å². The Morgan fingerprint density at radius 2 is 2.00 bits per heavy atom. The molecule has 1 unspecified atom stereocenters. The minimum absolute atomic E-state index is 0.159. The molecule has 0 spiro atoms. The van der Waals surface area contributed by atoms with Crippen molar-refractivity contribution in [1.82, 2.24) is 4.72 Å². The van der Waals surface area contributed by atoms with Crippen molar-refractivity contribution in [2.45, 2.75) is 56.8 Å². The quantitative estimate of drug-likeness (QED) is 0.722. The molecule has 1 rings (SSSR count). The van der Waals surface area contributed by atoms with Crippen LogP contribution in [0, 0.1) is 0 Å². The van der Waals surface area contributed by atoms with Gasteiger partial charge in [0.25, 0.3) is 0 Å². The van der Waals surface area contributed by atoms with Gasteiger partial charge in [0.05, 0.1) is 11.4 Å². The van der Waals surface area contributed by atoms with Gasteiger partial charge in [-0.05, 0) is 19.3 Å². The van der Waals surface area contributed by atoms with Crippen molar-refractivity contribution in [2.75, 3.05) is 6.54 Å². The van der Waals surface area contributed by atoms with Gasteiger partial charge in [-0.25, -0.2) is 13.1 Å². The molecular formula is C10H21NO3S. The summed E-state index contributed by atoms with van der Waals surface area (Å²) in [6, 6.07) is 0. The second kappa shape index (κ2) is 5.82. The fourth-order valence-electron chi connectivity index (χ4n) is 1.96. The van der Waals surface area contributed by atoms with Gasteiger partial charge < -0.3 is 5.11 Å². The van der Waals surface area contributed by atoms with Crippen LogP contribution in [-0.4, -0.2) is 31.4 Å². The first kappa shape index (κ1) is 12.9. The van der Waals surface area contributed by atoms with E-state index in [0.717, 1.165) is 32.1 Å². The lowest BCUT2D eigenvalue weighted by Gasteiger charge is -2.14. The summed E-state index contributed by atoms with van der Waals surface area (Å²) >= 11 is 0. The molecule has 0 saturated heterocycles. The molecular weight excluding hydrogens is 214 g/mol. The highest BCUT2D eigenvalue weighted by Gasteiger charge is 2.28. The summed E-state index contributed by atoms with van der Waals surface area (Å²) in [6.45, 7) is 2.13. The Labute approximate surface area is 92.1 Å². The van der Waals surface area contributed by atoms with Gasteiger partial charge in [-0.1, -0.05) is 26.2 Å². The summed E-state index contributed by atoms with van der Waals surface area (Å²) in [6.07, 6.45) is 4.50. The van der Waals surface area contributed by atoms with Crippen LogP contribution in [0.5, 0.6) is 0 Å². The highest BCUT2D eigenvalue weighted by atomic mass is 32.2. The van der Waals surface area contributed by atoms with Crippen molar-refractivity contribution >= 4 is 10.0 Å². The summed E-state index contributed by atoms with van der Waals surface area (Å²) in [5.74, 6) is 0. The number of nitrogens with one attached hydrogen (secondary N) is 1. The van der Waals surface area contributed by atoms with Crippen LogP contribution in [0.25, 0.3) is 0 Å². The van der Waals surface area contributed by atoms with Gasteiger partial charge in [-0.2, -0.15) is 0 Å². The molecule has 1 fully saturated rings. The lowest BCUT2D eigenvalue weighted by molar-refractivity contribution is 0.167. The maximum atomic E-state index is 11.7. The third kappa shape index (κ3) is 4.09. The Bertz CT molecular complexity index is 270. The second-order valence-corrected chi connectivity index (χ2v) is 6.29. The summed E-state index contributed by atoms with van der Waals surface area (Å²) in [5.41, 5.74) is 0. The normalized spacial score (nSPS) is 20.7. The van der Waals surface area contributed by atoms with Crippen LogP contribution in [0.1, 0.15) is 45.4 Å². The largest absolute Gasteiger partial charge is 0.392 e. The maximum Gasteiger partial charge on any atom is 0.214 e. The van der Waals surface area contributed by atoms with E-state index in [4.69, 9.17) is 0 Å². The lowest BCUT2D eigenvalue weighted by Crippen LogP contribution is -2.37. The Kier molecular flexibility index (Phi) is 5.02. The summed E-state index contributed by atoms with van der Waals surface area (Å²) < 4.78 is 25.9. The number of hydrogen-bond donors (Lipinski definition) is 2. The van der Waals surface area contributed by atoms with Crippen molar-refractivity contribution < 1.29 is 13.5 Å². The summed E-state index contributed by atoms with van der Waals surface area (Å²) in [5, 5.41) is 9.20. The van der Waals surface area contributed by atoms with Gasteiger partial charge in [0.15, 0.2) is 0 Å². The molecule has 0 aliphatic heterocycles. The molecule has 0 amide bonds. The van der Waals surface area contributed by atoms with Crippen molar-refractivity contribution in [3.63, 3.8) is 0 Å². The van der Waals surface area contributed by atoms with E-state index in [1.165, 1.54) is 0 Å². The van der Waals surface area contributed by atoms with Crippen LogP contribution in [0.3, 0.4) is 0 Å². The molecule has 0 aromatic rings. The van der Waals surface area contributed by atoms with E-state index >= 15 is 0 Å². The van der Waals surface area contributed by atoms with Gasteiger partial charge in [0.2, 0.25) is 10.0 Å². The number of rotatable bonds is 6. The molecule has 1 aliphatic rings. The highest BCUT2D eigenvalue weighted by Crippen LogP contribution is 2.23. The molecule has 5 heteroatoms. The van der Waals surface area contributed by atoms with Crippen molar-refractivity contribution in [2.24, 2.45) is 0 Å². The fraction of sp³-hybridized carbons (Fsp3) is 1.00. The van der Waals surface area contributed by atoms with Crippen LogP contribution >= 0.6 is 0 Å². The molecule has 1 atom stereocenters. The molecule has 90 valence electrons. The Morgan fingerprint density at radius 1 is 1.40 bits per heavy atom. The summed E-state index contributed by atoms with van der Waals surface area (Å²) in [7, 11) is -3.18. The van der Waals surface area contributed by atoms with Gasteiger partial charge in [-0.3, -0.25) is 0 Å². The van der Waals surface area contributed by atoms with Crippen molar-refractivity contribution in [3.05, 3.63) is 0 Å². The molecule has 1 saturated carbocycles. The van der Waals surface area contributed by atoms with Crippen LogP contribution in [0.2, 0.25) is 0 Å². The number of hydrogen-bond acceptors (Lipinski definition) is 3. The maximum absolute atomic E-state index is 11.7. The highest BCUT2D eigenvalue weighted by molar-refractivity contribution is 7.90. The zero-order chi connectivity index (χ0) is 11.3. The third-order valence-corrected chi connectivity index (χ3v) is 4.80. The van der Waals surface area contributed by atoms with E-state index in [1.54, 1.807) is 0 Å². The lowest BCUT2D eigenvalue weighted by atomic mass is 10.2. The molecule has 4 nitrogen and oxygen atoms in total. The van der Waals surface area contributed by atoms with Crippen LogP contribution in [0.15, 0.2) is 0 Å². The third-order valence-electron chi connectivity index (χ3n) is 2.88. The smallest absolute Gasteiger partial charge is 0.214 e. The molecule has 0 aromatic carbocycles. The van der Waals surface area contributed by atoms with Crippen molar-refractivity contribution in [3.8, 4) is 0 Å². The van der Waals surface area contributed by atoms with E-state index < -0.39 is 16.1 Å². The molecule has 1 aliphatic carbocycles. The van der Waals surface area contributed by atoms with Gasteiger partial charge in [-0.15, -0.1) is 0 Å². The minimum Gasteiger partial charge on any atom is -0.392 e. The van der Waals surface area contributed by atoms with E-state index in [0.29, 0.717) is 6.42 Å². The predicted molar refractivity (Wildman–Crippen MR) is 60.1 cm³/mol. The van der Waals surface area contributed by atoms with Gasteiger partial charge in [0.1, 0.15) is 0 Å². The predicted octanol–water partition coefficient (Wildman–Crippen LogP) is 1.01. The van der Waals surface area contributed by atoms with Crippen LogP contribution in [0.4, 0.5) is 0 Å². The monoisotopic (exact) mass is 235 g/mol. The Morgan fingerprint density at radius 3 is 2.53 bits per heavy atom. The molecule has 0 bridgehead atoms. The van der Waals surface area contributed by atoms with Crippen molar-refractivity contribution in [1.29, 1.82) is 0 Å². The topological polar surface area (TPSA) is 66.4 Å². The number of aliphatic hydroxyl groups excluding tert-OH is 1.